The van der Waals surface area contributed by atoms with E-state index < -0.39 is 0 Å². The van der Waals surface area contributed by atoms with Gasteiger partial charge in [0.25, 0.3) is 0 Å². The average molecular weight is 302 g/mol. The monoisotopic (exact) mass is 301 g/mol. The van der Waals surface area contributed by atoms with Crippen molar-refractivity contribution >= 4 is 0 Å². The molecule has 0 bridgehead atoms. The highest BCUT2D eigenvalue weighted by Gasteiger charge is 1.97. The second-order valence-corrected chi connectivity index (χ2v) is 6.54. The van der Waals surface area contributed by atoms with E-state index in [0.29, 0.717) is 0 Å². The van der Waals surface area contributed by atoms with E-state index in [4.69, 9.17) is 0 Å². The smallest absolute Gasteiger partial charge is 0.000835 e. The number of nitrogens with one attached hydrogen (secondary N) is 1. The summed E-state index contributed by atoms with van der Waals surface area (Å²) in [6.07, 6.45) is 11.5. The van der Waals surface area contributed by atoms with Crippen LogP contribution in [0.3, 0.4) is 0 Å². The molecule has 0 saturated carbocycles. The topological polar surface area (TPSA) is 12.0 Å². The Balaban J connectivity index is 2.09. The molecular weight excluding hydrogens is 266 g/mol. The van der Waals surface area contributed by atoms with Crippen LogP contribution in [0.4, 0.5) is 0 Å². The molecule has 22 heavy (non-hydrogen) atoms. The Morgan fingerprint density at radius 2 is 1.50 bits per heavy atom. The van der Waals surface area contributed by atoms with Crippen molar-refractivity contribution in [2.75, 3.05) is 13.1 Å². The van der Waals surface area contributed by atoms with Crippen LogP contribution in [0.25, 0.3) is 0 Å². The molecule has 0 fully saturated rings. The van der Waals surface area contributed by atoms with Gasteiger partial charge in [0.15, 0.2) is 0 Å². The molecule has 0 atom stereocenters. The summed E-state index contributed by atoms with van der Waals surface area (Å²) >= 11 is 0. The Bertz CT molecular complexity index is 391. The average Bonchev–Trinajstić information content (AvgIpc) is 2.51. The maximum atomic E-state index is 3.94. The third-order valence-electron chi connectivity index (χ3n) is 4.14. The summed E-state index contributed by atoms with van der Waals surface area (Å²) in [5, 5.41) is 3.52. The van der Waals surface area contributed by atoms with Gasteiger partial charge >= 0.3 is 0 Å². The summed E-state index contributed by atoms with van der Waals surface area (Å²) < 4.78 is 0. The molecule has 1 nitrogen and oxygen atoms in total. The number of rotatable bonds is 13. The van der Waals surface area contributed by atoms with Crippen molar-refractivity contribution in [3.8, 4) is 0 Å². The van der Waals surface area contributed by atoms with Gasteiger partial charge in [0.2, 0.25) is 0 Å². The molecule has 0 radical (unpaired) electrons. The van der Waals surface area contributed by atoms with Gasteiger partial charge in [-0.25, -0.2) is 0 Å². The molecule has 124 valence electrons. The number of allylic oxidation sites excluding steroid dienone is 1. The minimum Gasteiger partial charge on any atom is -0.316 e. The Hall–Kier alpha value is -1.08. The molecule has 0 aliphatic rings. The molecule has 0 saturated heterocycles. The standard InChI is InChI=1S/C21H35N/c1-4-5-6-7-8-11-20-12-14-21(15-13-20)16-18-22-17-9-10-19(2)3/h12-15,22H,2,4-11,16-18H2,1,3H3. The number of benzene rings is 1. The zero-order chi connectivity index (χ0) is 16.0. The van der Waals surface area contributed by atoms with Crippen LogP contribution in [0.15, 0.2) is 36.4 Å². The minimum absolute atomic E-state index is 1.08. The Morgan fingerprint density at radius 3 is 2.14 bits per heavy atom. The van der Waals surface area contributed by atoms with Gasteiger partial charge in [-0.05, 0) is 63.2 Å². The van der Waals surface area contributed by atoms with Crippen LogP contribution in [-0.4, -0.2) is 13.1 Å². The highest BCUT2D eigenvalue weighted by atomic mass is 14.8. The first-order chi connectivity index (χ1) is 10.7. The van der Waals surface area contributed by atoms with E-state index in [9.17, 15) is 0 Å². The van der Waals surface area contributed by atoms with Crippen molar-refractivity contribution < 1.29 is 0 Å². The van der Waals surface area contributed by atoms with Crippen LogP contribution in [-0.2, 0) is 12.8 Å². The highest BCUT2D eigenvalue weighted by Crippen LogP contribution is 2.10. The quantitative estimate of drug-likeness (QED) is 0.364. The molecule has 0 aliphatic carbocycles. The van der Waals surface area contributed by atoms with Crippen LogP contribution >= 0.6 is 0 Å². The summed E-state index contributed by atoms with van der Waals surface area (Å²) in [4.78, 5) is 0. The summed E-state index contributed by atoms with van der Waals surface area (Å²) in [6.45, 7) is 10.5. The molecule has 0 aromatic heterocycles. The van der Waals surface area contributed by atoms with Gasteiger partial charge in [-0.2, -0.15) is 0 Å². The van der Waals surface area contributed by atoms with Crippen molar-refractivity contribution in [3.05, 3.63) is 47.5 Å². The Labute approximate surface area is 138 Å². The van der Waals surface area contributed by atoms with E-state index in [1.807, 2.05) is 0 Å². The van der Waals surface area contributed by atoms with Gasteiger partial charge in [0.05, 0.1) is 0 Å². The molecular formula is C21H35N. The van der Waals surface area contributed by atoms with E-state index in [0.717, 1.165) is 25.9 Å². The van der Waals surface area contributed by atoms with Crippen LogP contribution in [0.5, 0.6) is 0 Å². The number of aryl methyl sites for hydroxylation is 1. The zero-order valence-electron chi connectivity index (χ0n) is 14.8. The highest BCUT2D eigenvalue weighted by molar-refractivity contribution is 5.22. The fraction of sp³-hybridized carbons (Fsp3) is 0.619. The largest absolute Gasteiger partial charge is 0.316 e. The van der Waals surface area contributed by atoms with Crippen molar-refractivity contribution in [1.29, 1.82) is 0 Å². The third-order valence-corrected chi connectivity index (χ3v) is 4.14. The van der Waals surface area contributed by atoms with Crippen LogP contribution in [0, 0.1) is 0 Å². The first kappa shape index (κ1) is 19.0. The second kappa shape index (κ2) is 12.5. The normalized spacial score (nSPS) is 10.8. The van der Waals surface area contributed by atoms with Gasteiger partial charge in [0.1, 0.15) is 0 Å². The SMILES string of the molecule is C=C(C)CCCNCCc1ccc(CCCCCCC)cc1. The van der Waals surface area contributed by atoms with E-state index in [1.165, 1.54) is 61.6 Å². The first-order valence-electron chi connectivity index (χ1n) is 9.15. The fourth-order valence-electron chi connectivity index (χ4n) is 2.68. The van der Waals surface area contributed by atoms with Gasteiger partial charge in [0, 0.05) is 0 Å². The maximum Gasteiger partial charge on any atom is -0.000835 e. The van der Waals surface area contributed by atoms with Gasteiger partial charge < -0.3 is 5.32 Å². The molecule has 1 N–H and O–H groups in total. The fourth-order valence-corrected chi connectivity index (χ4v) is 2.68. The zero-order valence-corrected chi connectivity index (χ0v) is 14.8. The van der Waals surface area contributed by atoms with E-state index in [-0.39, 0.29) is 0 Å². The molecule has 0 heterocycles. The van der Waals surface area contributed by atoms with Gasteiger partial charge in [-0.15, -0.1) is 6.58 Å². The van der Waals surface area contributed by atoms with Crippen molar-refractivity contribution in [3.63, 3.8) is 0 Å². The lowest BCUT2D eigenvalue weighted by molar-refractivity contribution is 0.632. The van der Waals surface area contributed by atoms with Gasteiger partial charge in [-0.3, -0.25) is 0 Å². The summed E-state index contributed by atoms with van der Waals surface area (Å²) in [5.74, 6) is 0. The lowest BCUT2D eigenvalue weighted by Crippen LogP contribution is -2.18. The van der Waals surface area contributed by atoms with Crippen molar-refractivity contribution in [1.82, 2.24) is 5.32 Å². The van der Waals surface area contributed by atoms with Crippen molar-refractivity contribution in [2.45, 2.75) is 71.6 Å². The van der Waals surface area contributed by atoms with Crippen molar-refractivity contribution in [2.24, 2.45) is 0 Å². The number of hydrogen-bond acceptors (Lipinski definition) is 1. The minimum atomic E-state index is 1.08. The summed E-state index contributed by atoms with van der Waals surface area (Å²) in [7, 11) is 0. The molecule has 0 spiro atoms. The van der Waals surface area contributed by atoms with Crippen LogP contribution in [0.1, 0.15) is 69.9 Å². The first-order valence-corrected chi connectivity index (χ1v) is 9.15. The van der Waals surface area contributed by atoms with E-state index >= 15 is 0 Å². The Morgan fingerprint density at radius 1 is 0.864 bits per heavy atom. The number of unbranched alkanes of at least 4 members (excludes halogenated alkanes) is 4. The molecule has 1 rings (SSSR count). The lowest BCUT2D eigenvalue weighted by atomic mass is 10.0. The van der Waals surface area contributed by atoms with Gasteiger partial charge in [-0.1, -0.05) is 62.4 Å². The predicted octanol–water partition coefficient (Wildman–Crippen LogP) is 5.69. The molecule has 0 aliphatic heterocycles. The second-order valence-electron chi connectivity index (χ2n) is 6.54. The maximum absolute atomic E-state index is 3.94. The van der Waals surface area contributed by atoms with Crippen LogP contribution < -0.4 is 5.32 Å². The molecule has 1 aromatic rings. The summed E-state index contributed by atoms with van der Waals surface area (Å²) in [5.41, 5.74) is 4.23. The van der Waals surface area contributed by atoms with E-state index in [1.54, 1.807) is 0 Å². The number of hydrogen-bond donors (Lipinski definition) is 1. The van der Waals surface area contributed by atoms with E-state index in [2.05, 4.69) is 50.0 Å². The third kappa shape index (κ3) is 9.78. The molecule has 1 heteroatoms. The van der Waals surface area contributed by atoms with Crippen LogP contribution in [0.2, 0.25) is 0 Å². The molecule has 0 unspecified atom stereocenters. The molecule has 0 amide bonds. The lowest BCUT2D eigenvalue weighted by Gasteiger charge is -2.06. The summed E-state index contributed by atoms with van der Waals surface area (Å²) in [6, 6.07) is 9.24. The molecule has 1 aromatic carbocycles. The predicted molar refractivity (Wildman–Crippen MR) is 99.5 cm³/mol. The Kier molecular flexibility index (Phi) is 10.7.